The van der Waals surface area contributed by atoms with E-state index in [9.17, 15) is 14.9 Å². The second-order valence-corrected chi connectivity index (χ2v) is 6.75. The van der Waals surface area contributed by atoms with Crippen molar-refractivity contribution >= 4 is 5.84 Å². The number of fused-ring (bicyclic) bond motifs is 2. The van der Waals surface area contributed by atoms with Crippen LogP contribution in [0.25, 0.3) is 0 Å². The fourth-order valence-corrected chi connectivity index (χ4v) is 4.72. The Hall–Kier alpha value is -2.48. The number of hydrogen-bond acceptors (Lipinski definition) is 5. The van der Waals surface area contributed by atoms with Gasteiger partial charge < -0.3 is 9.47 Å². The second kappa shape index (κ2) is 4.13. The minimum absolute atomic E-state index is 0.146. The summed E-state index contributed by atoms with van der Waals surface area (Å²) in [5, 5.41) is 20.1. The van der Waals surface area contributed by atoms with Crippen LogP contribution in [0.5, 0.6) is 0 Å². The Bertz CT molecular complexity index is 857. The maximum absolute atomic E-state index is 13.3. The number of ether oxygens (including phenoxy) is 2. The Morgan fingerprint density at radius 3 is 2.46 bits per heavy atom. The van der Waals surface area contributed by atoms with E-state index in [4.69, 9.17) is 15.2 Å². The number of nitrogens with zero attached hydrogens (tertiary/aromatic N) is 2. The van der Waals surface area contributed by atoms with Crippen LogP contribution in [0, 0.1) is 39.3 Å². The summed E-state index contributed by atoms with van der Waals surface area (Å²) in [6.07, 6.45) is -0.247. The summed E-state index contributed by atoms with van der Waals surface area (Å²) in [5.74, 6) is -1.73. The van der Waals surface area contributed by atoms with Crippen molar-refractivity contribution in [1.29, 1.82) is 10.5 Å². The van der Waals surface area contributed by atoms with Gasteiger partial charge in [-0.25, -0.2) is 9.38 Å². The molecule has 0 amide bonds. The lowest BCUT2D eigenvalue weighted by molar-refractivity contribution is -0.679. The summed E-state index contributed by atoms with van der Waals surface area (Å²) in [6.45, 7) is 3.88. The van der Waals surface area contributed by atoms with E-state index in [-0.39, 0.29) is 18.5 Å². The van der Waals surface area contributed by atoms with E-state index in [1.54, 1.807) is 19.1 Å². The quantitative estimate of drug-likeness (QED) is 0.734. The molecule has 2 fully saturated rings. The molecule has 0 bridgehead atoms. The highest BCUT2D eigenvalue weighted by molar-refractivity contribution is 5.97. The summed E-state index contributed by atoms with van der Waals surface area (Å²) in [6, 6.07) is 10.2. The number of nitriles is 2. The molecular weight excluding hydrogens is 311 g/mol. The fraction of sp³-hybridized carbons (Fsp3) is 0.471. The molecule has 2 heterocycles. The molecular formula is C17H16FN4O2+. The van der Waals surface area contributed by atoms with Gasteiger partial charge in [0.2, 0.25) is 0 Å². The lowest BCUT2D eigenvalue weighted by atomic mass is 9.84. The average molecular weight is 327 g/mol. The van der Waals surface area contributed by atoms with Crippen LogP contribution in [0.4, 0.5) is 4.39 Å². The van der Waals surface area contributed by atoms with Crippen LogP contribution in [0.1, 0.15) is 19.4 Å². The van der Waals surface area contributed by atoms with E-state index in [1.807, 2.05) is 6.92 Å². The summed E-state index contributed by atoms with van der Waals surface area (Å²) >= 11 is 0. The molecule has 0 aromatic heterocycles. The van der Waals surface area contributed by atoms with Crippen molar-refractivity contribution in [1.82, 2.24) is 0 Å². The van der Waals surface area contributed by atoms with Crippen LogP contribution in [0.3, 0.4) is 0 Å². The van der Waals surface area contributed by atoms with Crippen molar-refractivity contribution in [3.05, 3.63) is 35.6 Å². The van der Waals surface area contributed by atoms with Crippen molar-refractivity contribution in [2.45, 2.75) is 31.3 Å². The number of amidine groups is 1. The Labute approximate surface area is 138 Å². The SMILES string of the molecule is C[C@H]1CO[C@@]2([NH+]=C(N)[C@@]3(C#N)[C@](C)(c4ccc(F)cc4)[C@@]23C#N)O1. The van der Waals surface area contributed by atoms with Gasteiger partial charge in [0, 0.05) is 0 Å². The van der Waals surface area contributed by atoms with Crippen molar-refractivity contribution < 1.29 is 18.9 Å². The molecule has 7 heteroatoms. The summed E-state index contributed by atoms with van der Waals surface area (Å²) < 4.78 is 25.1. The van der Waals surface area contributed by atoms with Gasteiger partial charge in [-0.1, -0.05) is 19.1 Å². The van der Waals surface area contributed by atoms with Crippen molar-refractivity contribution in [2.24, 2.45) is 16.6 Å². The molecule has 1 aliphatic carbocycles. The topological polar surface area (TPSA) is 106 Å². The van der Waals surface area contributed by atoms with Crippen LogP contribution in [0.2, 0.25) is 0 Å². The van der Waals surface area contributed by atoms with Crippen LogP contribution in [-0.4, -0.2) is 24.5 Å². The van der Waals surface area contributed by atoms with Gasteiger partial charge in [0.05, 0.1) is 30.3 Å². The largest absolute Gasteiger partial charge is 0.344 e. The van der Waals surface area contributed by atoms with Gasteiger partial charge in [-0.2, -0.15) is 10.5 Å². The Balaban J connectivity index is 1.98. The molecule has 6 nitrogen and oxygen atoms in total. The molecule has 1 spiro atoms. The standard InChI is InChI=1S/C17H15FN4O2/c1-10-7-23-17(24-10)16(9-20)14(2,11-3-5-12(18)6-4-11)15(16,8-19)13(21)22-17/h3-6,10H,7H2,1-2H3,(H2,21,22)/p+1/t10-,14-,15-,16+,17+/m0/s1. The lowest BCUT2D eigenvalue weighted by Gasteiger charge is -2.27. The van der Waals surface area contributed by atoms with Crippen LogP contribution >= 0.6 is 0 Å². The van der Waals surface area contributed by atoms with E-state index in [0.717, 1.165) is 0 Å². The fourth-order valence-electron chi connectivity index (χ4n) is 4.72. The van der Waals surface area contributed by atoms with Gasteiger partial charge in [0.15, 0.2) is 10.8 Å². The number of hydrogen-bond donors (Lipinski definition) is 2. The van der Waals surface area contributed by atoms with Gasteiger partial charge in [-0.15, -0.1) is 0 Å². The van der Waals surface area contributed by atoms with E-state index >= 15 is 0 Å². The predicted molar refractivity (Wildman–Crippen MR) is 79.2 cm³/mol. The molecule has 4 rings (SSSR count). The van der Waals surface area contributed by atoms with Crippen LogP contribution in [0.15, 0.2) is 24.3 Å². The summed E-state index contributed by atoms with van der Waals surface area (Å²) in [7, 11) is 0. The molecule has 1 aromatic carbocycles. The van der Waals surface area contributed by atoms with Crippen LogP contribution < -0.4 is 10.7 Å². The van der Waals surface area contributed by atoms with Gasteiger partial charge in [-0.05, 0) is 24.6 Å². The maximum atomic E-state index is 13.3. The first-order valence-electron chi connectivity index (χ1n) is 7.66. The zero-order valence-corrected chi connectivity index (χ0v) is 13.3. The molecule has 1 aromatic rings. The monoisotopic (exact) mass is 327 g/mol. The third kappa shape index (κ3) is 1.17. The molecule has 0 unspecified atom stereocenters. The molecule has 1 saturated heterocycles. The molecule has 3 N–H and O–H groups in total. The zero-order chi connectivity index (χ0) is 17.4. The van der Waals surface area contributed by atoms with Crippen molar-refractivity contribution in [3.63, 3.8) is 0 Å². The number of nitrogens with two attached hydrogens (primary N) is 1. The first-order valence-corrected chi connectivity index (χ1v) is 7.66. The predicted octanol–water partition coefficient (Wildman–Crippen LogP) is -0.343. The molecule has 2 aliphatic heterocycles. The van der Waals surface area contributed by atoms with E-state index in [0.29, 0.717) is 5.56 Å². The summed E-state index contributed by atoms with van der Waals surface area (Å²) in [5.41, 5.74) is 3.13. The highest BCUT2D eigenvalue weighted by atomic mass is 19.1. The Morgan fingerprint density at radius 1 is 1.29 bits per heavy atom. The summed E-state index contributed by atoms with van der Waals surface area (Å²) in [4.78, 5) is 2.91. The number of nitrogens with one attached hydrogen (secondary N) is 1. The molecule has 5 atom stereocenters. The smallest absolute Gasteiger partial charge is 0.311 e. The second-order valence-electron chi connectivity index (χ2n) is 6.75. The Morgan fingerprint density at radius 2 is 1.96 bits per heavy atom. The molecule has 3 aliphatic rings. The third-order valence-corrected chi connectivity index (χ3v) is 5.84. The molecule has 122 valence electrons. The minimum atomic E-state index is -1.48. The highest BCUT2D eigenvalue weighted by Gasteiger charge is 3.03. The first-order chi connectivity index (χ1) is 11.3. The highest BCUT2D eigenvalue weighted by Crippen LogP contribution is 2.82. The maximum Gasteiger partial charge on any atom is 0.344 e. The van der Waals surface area contributed by atoms with Gasteiger partial charge in [0.1, 0.15) is 5.82 Å². The van der Waals surface area contributed by atoms with Crippen LogP contribution in [-0.2, 0) is 14.9 Å². The van der Waals surface area contributed by atoms with E-state index in [1.165, 1.54) is 12.1 Å². The minimum Gasteiger partial charge on any atom is -0.311 e. The average Bonchev–Trinajstić information content (AvgIpc) is 2.75. The molecule has 1 saturated carbocycles. The number of rotatable bonds is 1. The van der Waals surface area contributed by atoms with E-state index in [2.05, 4.69) is 17.1 Å². The van der Waals surface area contributed by atoms with Gasteiger partial charge in [-0.3, -0.25) is 5.73 Å². The van der Waals surface area contributed by atoms with Crippen molar-refractivity contribution in [3.8, 4) is 12.1 Å². The number of benzene rings is 1. The van der Waals surface area contributed by atoms with Gasteiger partial charge >= 0.3 is 5.91 Å². The lowest BCUT2D eigenvalue weighted by Crippen LogP contribution is -2.90. The van der Waals surface area contributed by atoms with Crippen molar-refractivity contribution in [2.75, 3.05) is 6.61 Å². The Kier molecular flexibility index (Phi) is 2.59. The first kappa shape index (κ1) is 15.1. The molecule has 0 radical (unpaired) electrons. The number of halogens is 1. The normalized spacial score (nSPS) is 45.4. The van der Waals surface area contributed by atoms with E-state index < -0.39 is 28.0 Å². The molecule has 24 heavy (non-hydrogen) atoms. The zero-order valence-electron chi connectivity index (χ0n) is 13.3. The van der Waals surface area contributed by atoms with Gasteiger partial charge in [0.25, 0.3) is 5.84 Å². The third-order valence-electron chi connectivity index (χ3n) is 5.84.